The van der Waals surface area contributed by atoms with Crippen molar-refractivity contribution in [1.29, 1.82) is 0 Å². The molecule has 3 aromatic heterocycles. The van der Waals surface area contributed by atoms with Crippen molar-refractivity contribution in [3.63, 3.8) is 0 Å². The molecule has 0 bridgehead atoms. The van der Waals surface area contributed by atoms with Gasteiger partial charge in [0.25, 0.3) is 0 Å². The molecule has 3 heterocycles. The number of aromatic nitrogens is 2. The van der Waals surface area contributed by atoms with E-state index in [0.717, 1.165) is 50.6 Å². The molecule has 6 aromatic carbocycles. The van der Waals surface area contributed by atoms with Crippen LogP contribution in [-0.2, 0) is 5.41 Å². The van der Waals surface area contributed by atoms with E-state index in [1.54, 1.807) is 6.07 Å². The molecule has 0 saturated heterocycles. The first-order valence-electron chi connectivity index (χ1n) is 19.0. The van der Waals surface area contributed by atoms with Gasteiger partial charge < -0.3 is 5.11 Å². The fourth-order valence-electron chi connectivity index (χ4n) is 8.45. The van der Waals surface area contributed by atoms with Crippen LogP contribution in [0, 0.1) is 6.92 Å². The van der Waals surface area contributed by atoms with Gasteiger partial charge in [-0.15, -0.1) is 11.3 Å². The Kier molecular flexibility index (Phi) is 8.05. The number of phenolic OH excluding ortho intramolecular Hbond substituents is 1. The Bertz CT molecular complexity index is 2980. The van der Waals surface area contributed by atoms with Crippen LogP contribution in [0.4, 0.5) is 0 Å². The first-order chi connectivity index (χ1) is 27.3. The summed E-state index contributed by atoms with van der Waals surface area (Å²) in [5.74, 6) is 0.205. The maximum absolute atomic E-state index is 10.8. The zero-order valence-corrected chi connectivity index (χ0v) is 32.2. The van der Waals surface area contributed by atoms with Crippen LogP contribution in [-0.4, -0.2) is 15.1 Å². The van der Waals surface area contributed by atoms with Crippen molar-refractivity contribution >= 4 is 22.1 Å². The number of para-hydroxylation sites is 1. The van der Waals surface area contributed by atoms with E-state index in [0.29, 0.717) is 5.56 Å². The van der Waals surface area contributed by atoms with Gasteiger partial charge in [0.05, 0.1) is 17.1 Å². The van der Waals surface area contributed by atoms with E-state index in [-0.39, 0.29) is 11.2 Å². The van der Waals surface area contributed by atoms with Crippen LogP contribution in [0.1, 0.15) is 30.7 Å². The number of phenols is 1. The van der Waals surface area contributed by atoms with Crippen molar-refractivity contribution < 1.29 is 5.11 Å². The van der Waals surface area contributed by atoms with Gasteiger partial charge in [-0.05, 0) is 100.0 Å². The summed E-state index contributed by atoms with van der Waals surface area (Å²) >= 11 is 1.86. The molecule has 4 heteroatoms. The topological polar surface area (TPSA) is 46.0 Å². The number of nitrogens with zero attached hydrogens (tertiary/aromatic N) is 2. The number of thiophene rings is 1. The van der Waals surface area contributed by atoms with Crippen LogP contribution in [0.15, 0.2) is 170 Å². The summed E-state index contributed by atoms with van der Waals surface area (Å²) in [7, 11) is 0. The second-order valence-electron chi connectivity index (χ2n) is 15.2. The Morgan fingerprint density at radius 2 is 1.02 bits per heavy atom. The molecule has 0 unspecified atom stereocenters. The third-order valence-electron chi connectivity index (χ3n) is 11.2. The number of hydrogen-bond donors (Lipinski definition) is 1. The zero-order chi connectivity index (χ0) is 38.0. The zero-order valence-electron chi connectivity index (χ0n) is 31.4. The molecule has 9 aromatic rings. The molecule has 1 aliphatic carbocycles. The van der Waals surface area contributed by atoms with E-state index in [4.69, 9.17) is 9.97 Å². The SMILES string of the molecule is Cc1cc(-c2sc(-c3ccc4c(c3)C(C)(C)c3ccccc3-4)c3ccccc23)cc(-c2cccc(-c3cc(-c4ccccc4)cc(-c4ccccc4O)n3)c2)n1. The van der Waals surface area contributed by atoms with Crippen LogP contribution in [0.5, 0.6) is 5.75 Å². The number of fused-ring (bicyclic) bond motifs is 4. The summed E-state index contributed by atoms with van der Waals surface area (Å²) in [4.78, 5) is 12.7. The highest BCUT2D eigenvalue weighted by Gasteiger charge is 2.35. The fourth-order valence-corrected chi connectivity index (χ4v) is 9.72. The van der Waals surface area contributed by atoms with Crippen LogP contribution in [0.2, 0.25) is 0 Å². The van der Waals surface area contributed by atoms with Crippen molar-refractivity contribution in [3.8, 4) is 82.7 Å². The number of aromatic hydroxyl groups is 1. The van der Waals surface area contributed by atoms with Crippen molar-refractivity contribution in [3.05, 3.63) is 187 Å². The van der Waals surface area contributed by atoms with Gasteiger partial charge in [0.2, 0.25) is 0 Å². The standard InChI is InChI=1S/C52H38N2OS/c1-32-26-38(51-42-20-8-7-19-41(42)50(56-51)36-24-25-40-39-18-9-11-22-44(39)52(2,3)45(40)28-36)31-46(53-32)34-16-13-17-35(27-34)47-29-37(33-14-5-4-6-15-33)30-48(54-47)43-21-10-12-23-49(43)55/h4-31,55H,1-3H3. The Hall–Kier alpha value is -6.62. The maximum atomic E-state index is 10.8. The van der Waals surface area contributed by atoms with Gasteiger partial charge in [0.1, 0.15) is 5.75 Å². The summed E-state index contributed by atoms with van der Waals surface area (Å²) < 4.78 is 0. The number of pyridine rings is 2. The van der Waals surface area contributed by atoms with Crippen molar-refractivity contribution in [1.82, 2.24) is 9.97 Å². The van der Waals surface area contributed by atoms with Crippen molar-refractivity contribution in [2.75, 3.05) is 0 Å². The van der Waals surface area contributed by atoms with Gasteiger partial charge in [-0.1, -0.05) is 135 Å². The van der Waals surface area contributed by atoms with Crippen LogP contribution in [0.3, 0.4) is 0 Å². The van der Waals surface area contributed by atoms with E-state index < -0.39 is 0 Å². The van der Waals surface area contributed by atoms with Gasteiger partial charge >= 0.3 is 0 Å². The van der Waals surface area contributed by atoms with Gasteiger partial charge in [-0.25, -0.2) is 4.98 Å². The largest absolute Gasteiger partial charge is 0.507 e. The van der Waals surface area contributed by atoms with E-state index in [1.165, 1.54) is 48.3 Å². The van der Waals surface area contributed by atoms with Gasteiger partial charge in [-0.2, -0.15) is 0 Å². The molecule has 1 aliphatic rings. The Labute approximate surface area is 331 Å². The van der Waals surface area contributed by atoms with Crippen molar-refractivity contribution in [2.24, 2.45) is 0 Å². The Morgan fingerprint density at radius 3 is 1.79 bits per heavy atom. The predicted molar refractivity (Wildman–Crippen MR) is 234 cm³/mol. The minimum Gasteiger partial charge on any atom is -0.507 e. The second kappa shape index (κ2) is 13.3. The lowest BCUT2D eigenvalue weighted by molar-refractivity contribution is 0.477. The summed E-state index contributed by atoms with van der Waals surface area (Å²) in [6, 6.07) is 59.5. The minimum absolute atomic E-state index is 0.0627. The summed E-state index contributed by atoms with van der Waals surface area (Å²) in [6.45, 7) is 6.77. The average Bonchev–Trinajstić information content (AvgIpc) is 3.73. The normalized spacial score (nSPS) is 12.8. The first-order valence-corrected chi connectivity index (χ1v) is 19.9. The van der Waals surface area contributed by atoms with E-state index >= 15 is 0 Å². The smallest absolute Gasteiger partial charge is 0.124 e. The molecule has 10 rings (SSSR count). The molecule has 56 heavy (non-hydrogen) atoms. The summed E-state index contributed by atoms with van der Waals surface area (Å²) in [5.41, 5.74) is 16.0. The molecule has 0 fully saturated rings. The average molecular weight is 739 g/mol. The fraction of sp³-hybridized carbons (Fsp3) is 0.0769. The monoisotopic (exact) mass is 738 g/mol. The maximum Gasteiger partial charge on any atom is 0.124 e. The molecular formula is C52H38N2OS. The molecular weight excluding hydrogens is 701 g/mol. The van der Waals surface area contributed by atoms with E-state index in [9.17, 15) is 5.11 Å². The highest BCUT2D eigenvalue weighted by atomic mass is 32.1. The lowest BCUT2D eigenvalue weighted by Gasteiger charge is -2.21. The van der Waals surface area contributed by atoms with Gasteiger partial charge in [0.15, 0.2) is 0 Å². The predicted octanol–water partition coefficient (Wildman–Crippen LogP) is 14.0. The minimum atomic E-state index is -0.0627. The lowest BCUT2D eigenvalue weighted by Crippen LogP contribution is -2.14. The molecule has 0 radical (unpaired) electrons. The molecule has 1 N–H and O–H groups in total. The molecule has 3 nitrogen and oxygen atoms in total. The Balaban J connectivity index is 1.07. The van der Waals surface area contributed by atoms with Crippen LogP contribution >= 0.6 is 11.3 Å². The molecule has 0 saturated carbocycles. The number of benzene rings is 6. The van der Waals surface area contributed by atoms with Gasteiger partial charge in [0, 0.05) is 48.3 Å². The Morgan fingerprint density at radius 1 is 0.429 bits per heavy atom. The highest BCUT2D eigenvalue weighted by Crippen LogP contribution is 2.51. The summed E-state index contributed by atoms with van der Waals surface area (Å²) in [6.07, 6.45) is 0. The summed E-state index contributed by atoms with van der Waals surface area (Å²) in [5, 5.41) is 13.3. The highest BCUT2D eigenvalue weighted by molar-refractivity contribution is 7.21. The lowest BCUT2D eigenvalue weighted by atomic mass is 9.82. The molecule has 0 amide bonds. The molecule has 0 aliphatic heterocycles. The van der Waals surface area contributed by atoms with Crippen LogP contribution in [0.25, 0.3) is 87.7 Å². The molecule has 0 atom stereocenters. The third-order valence-corrected chi connectivity index (χ3v) is 12.6. The van der Waals surface area contributed by atoms with Crippen LogP contribution < -0.4 is 0 Å². The molecule has 0 spiro atoms. The van der Waals surface area contributed by atoms with Crippen molar-refractivity contribution in [2.45, 2.75) is 26.2 Å². The first kappa shape index (κ1) is 33.9. The molecule has 268 valence electrons. The third kappa shape index (κ3) is 5.73. The number of hydrogen-bond acceptors (Lipinski definition) is 4. The van der Waals surface area contributed by atoms with E-state index in [2.05, 4.69) is 142 Å². The number of aryl methyl sites for hydroxylation is 1. The van der Waals surface area contributed by atoms with E-state index in [1.807, 2.05) is 53.8 Å². The van der Waals surface area contributed by atoms with Gasteiger partial charge in [-0.3, -0.25) is 4.98 Å². The quantitative estimate of drug-likeness (QED) is 0.185. The number of rotatable bonds is 6. The second-order valence-corrected chi connectivity index (χ2v) is 16.2.